The number of benzene rings is 1. The molecule has 0 amide bonds. The highest BCUT2D eigenvalue weighted by atomic mass is 19.4. The second kappa shape index (κ2) is 5.60. The predicted octanol–water partition coefficient (Wildman–Crippen LogP) is 1.78. The summed E-state index contributed by atoms with van der Waals surface area (Å²) in [5.74, 6) is -2.07. The van der Waals surface area contributed by atoms with Gasteiger partial charge < -0.3 is 5.73 Å². The van der Waals surface area contributed by atoms with Gasteiger partial charge in [-0.25, -0.2) is 9.07 Å². The van der Waals surface area contributed by atoms with Crippen LogP contribution < -0.4 is 5.73 Å². The molecule has 0 bridgehead atoms. The van der Waals surface area contributed by atoms with E-state index in [9.17, 15) is 22.4 Å². The lowest BCUT2D eigenvalue weighted by atomic mass is 10.1. The molecule has 112 valence electrons. The summed E-state index contributed by atoms with van der Waals surface area (Å²) in [6.45, 7) is -0.182. The van der Waals surface area contributed by atoms with Gasteiger partial charge in [0.15, 0.2) is 5.78 Å². The van der Waals surface area contributed by atoms with E-state index < -0.39 is 23.3 Å². The van der Waals surface area contributed by atoms with E-state index in [1.54, 1.807) is 0 Å². The first kappa shape index (κ1) is 15.1. The molecule has 1 aromatic carbocycles. The van der Waals surface area contributed by atoms with Crippen molar-refractivity contribution < 1.29 is 22.4 Å². The Morgan fingerprint density at radius 2 is 2.05 bits per heavy atom. The molecule has 2 aromatic rings. The van der Waals surface area contributed by atoms with Gasteiger partial charge in [-0.3, -0.25) is 4.79 Å². The number of carbonyl (C=O) groups excluding carboxylic acids is 1. The Labute approximate surface area is 116 Å². The minimum Gasteiger partial charge on any atom is -0.325 e. The highest BCUT2D eigenvalue weighted by Crippen LogP contribution is 2.32. The molecule has 21 heavy (non-hydrogen) atoms. The molecule has 0 saturated carbocycles. The van der Waals surface area contributed by atoms with E-state index >= 15 is 0 Å². The van der Waals surface area contributed by atoms with Crippen molar-refractivity contribution in [3.05, 3.63) is 47.0 Å². The summed E-state index contributed by atoms with van der Waals surface area (Å²) >= 11 is 0. The third-order valence-electron chi connectivity index (χ3n) is 2.69. The summed E-state index contributed by atoms with van der Waals surface area (Å²) in [5.41, 5.74) is 4.03. The topological polar surface area (TPSA) is 73.8 Å². The van der Waals surface area contributed by atoms with Gasteiger partial charge in [0, 0.05) is 12.1 Å². The number of ketones is 1. The van der Waals surface area contributed by atoms with Crippen LogP contribution >= 0.6 is 0 Å². The molecule has 5 nitrogen and oxygen atoms in total. The number of nitrogens with zero attached hydrogens (tertiary/aromatic N) is 3. The zero-order chi connectivity index (χ0) is 15.6. The molecule has 9 heteroatoms. The number of hydrogen-bond donors (Lipinski definition) is 1. The van der Waals surface area contributed by atoms with Crippen LogP contribution in [0.1, 0.15) is 21.6 Å². The lowest BCUT2D eigenvalue weighted by molar-refractivity contribution is -0.140. The van der Waals surface area contributed by atoms with Crippen LogP contribution in [0.25, 0.3) is 0 Å². The van der Waals surface area contributed by atoms with Gasteiger partial charge in [-0.15, -0.1) is 5.10 Å². The smallest absolute Gasteiger partial charge is 0.325 e. The maximum absolute atomic E-state index is 13.1. The average molecular weight is 302 g/mol. The van der Waals surface area contributed by atoms with Crippen molar-refractivity contribution in [2.24, 2.45) is 5.73 Å². The molecule has 0 aliphatic rings. The van der Waals surface area contributed by atoms with Crippen LogP contribution in [0.15, 0.2) is 24.4 Å². The molecule has 0 saturated heterocycles. The lowest BCUT2D eigenvalue weighted by Crippen LogP contribution is -2.14. The molecule has 0 spiro atoms. The normalized spacial score (nSPS) is 11.7. The van der Waals surface area contributed by atoms with Crippen molar-refractivity contribution in [2.45, 2.75) is 19.3 Å². The highest BCUT2D eigenvalue weighted by molar-refractivity contribution is 5.96. The number of nitrogens with two attached hydrogens (primary N) is 1. The fourth-order valence-electron chi connectivity index (χ4n) is 1.66. The van der Waals surface area contributed by atoms with E-state index in [4.69, 9.17) is 5.73 Å². The van der Waals surface area contributed by atoms with Crippen molar-refractivity contribution in [3.63, 3.8) is 0 Å². The molecule has 2 N–H and O–H groups in total. The Hall–Kier alpha value is -2.29. The highest BCUT2D eigenvalue weighted by Gasteiger charge is 2.34. The number of halogens is 4. The third kappa shape index (κ3) is 3.43. The first-order chi connectivity index (χ1) is 9.81. The number of Topliss-reactive ketones (excluding diaryl/α,β-unsaturated/α-hetero) is 1. The number of carbonyl (C=O) groups is 1. The van der Waals surface area contributed by atoms with E-state index in [0.717, 1.165) is 10.7 Å². The van der Waals surface area contributed by atoms with Crippen molar-refractivity contribution in [3.8, 4) is 0 Å². The van der Waals surface area contributed by atoms with Crippen LogP contribution in [0, 0.1) is 5.82 Å². The minimum absolute atomic E-state index is 0.128. The zero-order valence-electron chi connectivity index (χ0n) is 10.6. The van der Waals surface area contributed by atoms with Gasteiger partial charge in [-0.2, -0.15) is 13.2 Å². The van der Waals surface area contributed by atoms with Crippen LogP contribution in [0.3, 0.4) is 0 Å². The van der Waals surface area contributed by atoms with Gasteiger partial charge in [0.1, 0.15) is 12.4 Å². The molecule has 0 aliphatic heterocycles. The summed E-state index contributed by atoms with van der Waals surface area (Å²) in [5, 5.41) is 7.26. The second-order valence-electron chi connectivity index (χ2n) is 4.23. The Morgan fingerprint density at radius 3 is 2.62 bits per heavy atom. The summed E-state index contributed by atoms with van der Waals surface area (Å²) in [6, 6.07) is 2.09. The van der Waals surface area contributed by atoms with Crippen molar-refractivity contribution in [1.29, 1.82) is 0 Å². The van der Waals surface area contributed by atoms with Crippen LogP contribution in [0.2, 0.25) is 0 Å². The lowest BCUT2D eigenvalue weighted by Gasteiger charge is -2.09. The molecule has 0 atom stereocenters. The van der Waals surface area contributed by atoms with Crippen LogP contribution in [-0.2, 0) is 19.3 Å². The molecule has 0 fully saturated rings. The fourth-order valence-corrected chi connectivity index (χ4v) is 1.66. The minimum atomic E-state index is -4.86. The summed E-state index contributed by atoms with van der Waals surface area (Å²) < 4.78 is 52.0. The summed E-state index contributed by atoms with van der Waals surface area (Å²) in [6.07, 6.45) is -3.45. The van der Waals surface area contributed by atoms with Gasteiger partial charge in [0.2, 0.25) is 0 Å². The Bertz CT molecular complexity index is 666. The number of aromatic nitrogens is 3. The molecule has 0 radical (unpaired) electrons. The van der Waals surface area contributed by atoms with E-state index in [0.29, 0.717) is 17.8 Å². The number of alkyl halides is 3. The number of hydrogen-bond acceptors (Lipinski definition) is 4. The Kier molecular flexibility index (Phi) is 4.03. The van der Waals surface area contributed by atoms with Crippen molar-refractivity contribution in [2.75, 3.05) is 0 Å². The van der Waals surface area contributed by atoms with Gasteiger partial charge in [0.25, 0.3) is 0 Å². The largest absolute Gasteiger partial charge is 0.419 e. The predicted molar refractivity (Wildman–Crippen MR) is 63.6 cm³/mol. The molecular formula is C12H10F4N4O. The van der Waals surface area contributed by atoms with Crippen LogP contribution in [0.4, 0.5) is 17.6 Å². The fraction of sp³-hybridized carbons (Fsp3) is 0.250. The Balaban J connectivity index is 2.23. The van der Waals surface area contributed by atoms with Gasteiger partial charge in [-0.1, -0.05) is 5.21 Å². The molecule has 2 rings (SSSR count). The molecule has 1 aromatic heterocycles. The average Bonchev–Trinajstić information content (AvgIpc) is 2.85. The quantitative estimate of drug-likeness (QED) is 0.690. The first-order valence-electron chi connectivity index (χ1n) is 5.80. The van der Waals surface area contributed by atoms with E-state index in [1.165, 1.54) is 6.20 Å². The Morgan fingerprint density at radius 1 is 1.33 bits per heavy atom. The second-order valence-corrected chi connectivity index (χ2v) is 4.23. The van der Waals surface area contributed by atoms with Crippen LogP contribution in [0.5, 0.6) is 0 Å². The third-order valence-corrected chi connectivity index (χ3v) is 2.69. The number of rotatable bonds is 4. The van der Waals surface area contributed by atoms with Gasteiger partial charge in [0.05, 0.1) is 17.5 Å². The summed E-state index contributed by atoms with van der Waals surface area (Å²) in [4.78, 5) is 11.9. The SMILES string of the molecule is NCc1cn(CC(=O)c2ccc(F)c(C(F)(F)F)c2)nn1. The van der Waals surface area contributed by atoms with Crippen molar-refractivity contribution >= 4 is 5.78 Å². The molecule has 0 unspecified atom stereocenters. The molecule has 1 heterocycles. The molecular weight excluding hydrogens is 292 g/mol. The van der Waals surface area contributed by atoms with Gasteiger partial charge >= 0.3 is 6.18 Å². The first-order valence-corrected chi connectivity index (χ1v) is 5.80. The monoisotopic (exact) mass is 302 g/mol. The maximum Gasteiger partial charge on any atom is 0.419 e. The summed E-state index contributed by atoms with van der Waals surface area (Å²) in [7, 11) is 0. The van der Waals surface area contributed by atoms with E-state index in [1.807, 2.05) is 0 Å². The standard InChI is InChI=1S/C12H10F4N4O/c13-10-2-1-7(3-9(10)12(14,15)16)11(21)6-20-5-8(4-17)18-19-20/h1-3,5H,4,6,17H2. The maximum atomic E-state index is 13.1. The molecule has 0 aliphatic carbocycles. The zero-order valence-corrected chi connectivity index (χ0v) is 10.6. The van der Waals surface area contributed by atoms with Gasteiger partial charge in [-0.05, 0) is 18.2 Å². The van der Waals surface area contributed by atoms with E-state index in [2.05, 4.69) is 10.3 Å². The van der Waals surface area contributed by atoms with Crippen molar-refractivity contribution in [1.82, 2.24) is 15.0 Å². The van der Waals surface area contributed by atoms with E-state index in [-0.39, 0.29) is 18.7 Å². The van der Waals surface area contributed by atoms with Crippen LogP contribution in [-0.4, -0.2) is 20.8 Å².